The van der Waals surface area contributed by atoms with Crippen LogP contribution in [0.25, 0.3) is 0 Å². The van der Waals surface area contributed by atoms with Gasteiger partial charge in [-0.15, -0.1) is 36.2 Å². The molecule has 0 bridgehead atoms. The molecule has 1 aromatic rings. The highest BCUT2D eigenvalue weighted by Crippen LogP contribution is 2.19. The summed E-state index contributed by atoms with van der Waals surface area (Å²) in [6.45, 7) is 0. The molecule has 0 atom stereocenters. The van der Waals surface area contributed by atoms with Gasteiger partial charge in [-0.2, -0.15) is 0 Å². The van der Waals surface area contributed by atoms with Gasteiger partial charge < -0.3 is 11.5 Å². The summed E-state index contributed by atoms with van der Waals surface area (Å²) in [5.74, 6) is 0. The Morgan fingerprint density at radius 1 is 1.22 bits per heavy atom. The number of hydrogen-bond acceptors (Lipinski definition) is 3. The zero-order chi connectivity index (χ0) is 5.28. The Bertz CT molecular complexity index is 149. The fraction of sp³-hybridized carbons (Fsp3) is 0. The van der Waals surface area contributed by atoms with Crippen molar-refractivity contribution >= 4 is 46.8 Å². The van der Waals surface area contributed by atoms with Gasteiger partial charge >= 0.3 is 0 Å². The summed E-state index contributed by atoms with van der Waals surface area (Å²) in [6.07, 6.45) is 0. The van der Waals surface area contributed by atoms with E-state index in [0.717, 1.165) is 0 Å². The van der Waals surface area contributed by atoms with Gasteiger partial charge in [0.1, 0.15) is 5.00 Å². The van der Waals surface area contributed by atoms with Crippen molar-refractivity contribution in [1.29, 1.82) is 0 Å². The molecular weight excluding hydrogens is 179 g/mol. The molecule has 1 rings (SSSR count). The maximum atomic E-state index is 5.33. The highest BCUT2D eigenvalue weighted by Gasteiger charge is 1.88. The van der Waals surface area contributed by atoms with Crippen LogP contribution in [0.4, 0.5) is 10.7 Å². The van der Waals surface area contributed by atoms with Crippen LogP contribution >= 0.6 is 36.2 Å². The molecule has 0 fully saturated rings. The molecule has 54 valence electrons. The highest BCUT2D eigenvalue weighted by atomic mass is 35.5. The Hall–Kier alpha value is -0.120. The predicted molar refractivity (Wildman–Crippen MR) is 47.6 cm³/mol. The van der Waals surface area contributed by atoms with Gasteiger partial charge in [-0.05, 0) is 11.4 Å². The molecule has 2 nitrogen and oxygen atoms in total. The summed E-state index contributed by atoms with van der Waals surface area (Å²) in [7, 11) is 0. The summed E-state index contributed by atoms with van der Waals surface area (Å²) in [4.78, 5) is 0. The van der Waals surface area contributed by atoms with Gasteiger partial charge in [0.25, 0.3) is 0 Å². The average molecular weight is 187 g/mol. The first-order chi connectivity index (χ1) is 3.30. The third-order valence-electron chi connectivity index (χ3n) is 0.727. The lowest BCUT2D eigenvalue weighted by Crippen LogP contribution is -1.86. The van der Waals surface area contributed by atoms with Crippen LogP contribution < -0.4 is 11.5 Å². The van der Waals surface area contributed by atoms with Crippen LogP contribution in [0.1, 0.15) is 0 Å². The van der Waals surface area contributed by atoms with E-state index in [1.165, 1.54) is 11.3 Å². The molecule has 0 radical (unpaired) electrons. The number of thiophene rings is 1. The first-order valence-corrected chi connectivity index (χ1v) is 2.77. The van der Waals surface area contributed by atoms with Crippen LogP contribution in [-0.2, 0) is 0 Å². The lowest BCUT2D eigenvalue weighted by molar-refractivity contribution is 1.85. The zero-order valence-corrected chi connectivity index (χ0v) is 6.98. The molecule has 4 N–H and O–H groups in total. The van der Waals surface area contributed by atoms with Crippen molar-refractivity contribution in [3.63, 3.8) is 0 Å². The van der Waals surface area contributed by atoms with E-state index >= 15 is 0 Å². The molecule has 0 spiro atoms. The zero-order valence-electron chi connectivity index (χ0n) is 4.53. The maximum absolute atomic E-state index is 5.33. The van der Waals surface area contributed by atoms with E-state index in [0.29, 0.717) is 10.7 Å². The minimum absolute atomic E-state index is 0. The van der Waals surface area contributed by atoms with Crippen LogP contribution in [0, 0.1) is 0 Å². The Labute approximate surface area is 70.1 Å². The molecular formula is C4H8Cl2N2S. The maximum Gasteiger partial charge on any atom is 0.109 e. The van der Waals surface area contributed by atoms with Crippen molar-refractivity contribution < 1.29 is 0 Å². The third kappa shape index (κ3) is 2.79. The highest BCUT2D eigenvalue weighted by molar-refractivity contribution is 7.14. The number of anilines is 2. The molecule has 0 aliphatic carbocycles. The lowest BCUT2D eigenvalue weighted by atomic mass is 10.5. The predicted octanol–water partition coefficient (Wildman–Crippen LogP) is 1.76. The van der Waals surface area contributed by atoms with E-state index in [1.54, 1.807) is 6.07 Å². The van der Waals surface area contributed by atoms with E-state index in [2.05, 4.69) is 0 Å². The van der Waals surface area contributed by atoms with E-state index in [9.17, 15) is 0 Å². The summed E-state index contributed by atoms with van der Waals surface area (Å²) < 4.78 is 0. The summed E-state index contributed by atoms with van der Waals surface area (Å²) in [5.41, 5.74) is 11.3. The van der Waals surface area contributed by atoms with Gasteiger partial charge in [0.2, 0.25) is 0 Å². The molecule has 0 saturated carbocycles. The monoisotopic (exact) mass is 186 g/mol. The summed E-state index contributed by atoms with van der Waals surface area (Å²) >= 11 is 1.46. The van der Waals surface area contributed by atoms with Crippen LogP contribution in [0.5, 0.6) is 0 Å². The SMILES string of the molecule is Cl.Cl.Nc1ccsc1N. The van der Waals surface area contributed by atoms with E-state index < -0.39 is 0 Å². The van der Waals surface area contributed by atoms with Gasteiger partial charge in [-0.25, -0.2) is 0 Å². The first kappa shape index (κ1) is 11.6. The largest absolute Gasteiger partial charge is 0.396 e. The van der Waals surface area contributed by atoms with Crippen LogP contribution in [-0.4, -0.2) is 0 Å². The van der Waals surface area contributed by atoms with Crippen LogP contribution in [0.3, 0.4) is 0 Å². The van der Waals surface area contributed by atoms with Crippen molar-refractivity contribution in [2.45, 2.75) is 0 Å². The molecule has 9 heavy (non-hydrogen) atoms. The summed E-state index contributed by atoms with van der Waals surface area (Å²) in [5, 5.41) is 2.57. The molecule has 0 aliphatic heterocycles. The fourth-order valence-electron chi connectivity index (χ4n) is 0.331. The van der Waals surface area contributed by atoms with Gasteiger partial charge in [0.15, 0.2) is 0 Å². The average Bonchev–Trinajstić information content (AvgIpc) is 1.91. The standard InChI is InChI=1S/C4H6N2S.2ClH/c5-3-1-2-7-4(3)6;;/h1-2H,5-6H2;2*1H. The minimum atomic E-state index is 0. The molecule has 0 aromatic carbocycles. The summed E-state index contributed by atoms with van der Waals surface area (Å²) in [6, 6.07) is 1.79. The van der Waals surface area contributed by atoms with Gasteiger partial charge in [-0.3, -0.25) is 0 Å². The number of nitrogen functional groups attached to an aromatic ring is 2. The second kappa shape index (κ2) is 4.73. The first-order valence-electron chi connectivity index (χ1n) is 1.89. The smallest absolute Gasteiger partial charge is 0.109 e. The van der Waals surface area contributed by atoms with Crippen molar-refractivity contribution in [2.75, 3.05) is 11.5 Å². The van der Waals surface area contributed by atoms with Crippen LogP contribution in [0.15, 0.2) is 11.4 Å². The molecule has 0 amide bonds. The molecule has 1 aromatic heterocycles. The minimum Gasteiger partial charge on any atom is -0.396 e. The van der Waals surface area contributed by atoms with Crippen molar-refractivity contribution in [2.24, 2.45) is 0 Å². The fourth-order valence-corrected chi connectivity index (χ4v) is 0.896. The van der Waals surface area contributed by atoms with Gasteiger partial charge in [-0.1, -0.05) is 0 Å². The van der Waals surface area contributed by atoms with Crippen molar-refractivity contribution in [1.82, 2.24) is 0 Å². The number of rotatable bonds is 0. The quantitative estimate of drug-likeness (QED) is 0.650. The number of hydrogen-bond donors (Lipinski definition) is 2. The second-order valence-electron chi connectivity index (χ2n) is 1.24. The second-order valence-corrected chi connectivity index (χ2v) is 2.19. The molecule has 0 saturated heterocycles. The Morgan fingerprint density at radius 3 is 1.89 bits per heavy atom. The topological polar surface area (TPSA) is 52.0 Å². The molecule has 0 unspecified atom stereocenters. The third-order valence-corrected chi connectivity index (χ3v) is 1.49. The Balaban J connectivity index is 0. The van der Waals surface area contributed by atoms with Crippen LogP contribution in [0.2, 0.25) is 0 Å². The van der Waals surface area contributed by atoms with E-state index in [4.69, 9.17) is 11.5 Å². The number of halogens is 2. The Morgan fingerprint density at radius 2 is 1.78 bits per heavy atom. The van der Waals surface area contributed by atoms with Gasteiger partial charge in [0, 0.05) is 0 Å². The molecule has 5 heteroatoms. The lowest BCUT2D eigenvalue weighted by Gasteiger charge is -1.81. The van der Waals surface area contributed by atoms with Gasteiger partial charge in [0.05, 0.1) is 5.69 Å². The normalized spacial score (nSPS) is 7.11. The van der Waals surface area contributed by atoms with E-state index in [1.807, 2.05) is 5.38 Å². The van der Waals surface area contributed by atoms with Crippen molar-refractivity contribution in [3.05, 3.63) is 11.4 Å². The number of nitrogens with two attached hydrogens (primary N) is 2. The van der Waals surface area contributed by atoms with Crippen molar-refractivity contribution in [3.8, 4) is 0 Å². The molecule has 1 heterocycles. The Kier molecular flexibility index (Phi) is 6.12. The molecule has 0 aliphatic rings. The van der Waals surface area contributed by atoms with E-state index in [-0.39, 0.29) is 24.8 Å².